The zero-order valence-corrected chi connectivity index (χ0v) is 12.2. The summed E-state index contributed by atoms with van der Waals surface area (Å²) >= 11 is 3.37. The van der Waals surface area contributed by atoms with Crippen LogP contribution in [-0.4, -0.2) is 20.2 Å². The van der Waals surface area contributed by atoms with Gasteiger partial charge < -0.3 is 9.64 Å². The lowest BCUT2D eigenvalue weighted by Crippen LogP contribution is -2.24. The summed E-state index contributed by atoms with van der Waals surface area (Å²) in [6.07, 6.45) is 0. The van der Waals surface area contributed by atoms with Crippen molar-refractivity contribution in [3.05, 3.63) is 58.8 Å². The van der Waals surface area contributed by atoms with E-state index < -0.39 is 0 Å². The van der Waals surface area contributed by atoms with Crippen LogP contribution in [0.5, 0.6) is 5.75 Å². The van der Waals surface area contributed by atoms with Crippen molar-refractivity contribution in [3.8, 4) is 5.75 Å². The van der Waals surface area contributed by atoms with Crippen LogP contribution in [0.1, 0.15) is 0 Å². The van der Waals surface area contributed by atoms with Crippen molar-refractivity contribution < 1.29 is 9.13 Å². The fourth-order valence-electron chi connectivity index (χ4n) is 1.71. The summed E-state index contributed by atoms with van der Waals surface area (Å²) in [4.78, 5) is 1.84. The molecule has 0 saturated carbocycles. The Hall–Kier alpha value is -1.55. The Labute approximate surface area is 120 Å². The van der Waals surface area contributed by atoms with Gasteiger partial charge in [0.1, 0.15) is 18.2 Å². The molecule has 0 bridgehead atoms. The van der Waals surface area contributed by atoms with Gasteiger partial charge >= 0.3 is 0 Å². The van der Waals surface area contributed by atoms with Crippen LogP contribution in [0.2, 0.25) is 0 Å². The first-order valence-electron chi connectivity index (χ1n) is 6.01. The normalized spacial score (nSPS) is 10.3. The number of likely N-dealkylation sites (N-methyl/N-ethyl adjacent to an activating group) is 1. The third kappa shape index (κ3) is 3.96. The molecule has 0 aliphatic carbocycles. The highest BCUT2D eigenvalue weighted by Crippen LogP contribution is 2.18. The first kappa shape index (κ1) is 13.9. The number of ether oxygens (including phenoxy) is 1. The number of nitrogens with zero attached hydrogens (tertiary/aromatic N) is 1. The highest BCUT2D eigenvalue weighted by molar-refractivity contribution is 9.10. The summed E-state index contributed by atoms with van der Waals surface area (Å²) in [6.45, 7) is 1.13. The number of benzene rings is 2. The van der Waals surface area contributed by atoms with E-state index in [4.69, 9.17) is 4.74 Å². The number of halogens is 2. The number of hydrogen-bond donors (Lipinski definition) is 0. The quantitative estimate of drug-likeness (QED) is 0.821. The molecule has 100 valence electrons. The van der Waals surface area contributed by atoms with Gasteiger partial charge in [0.2, 0.25) is 0 Å². The molecule has 0 saturated heterocycles. The van der Waals surface area contributed by atoms with E-state index in [9.17, 15) is 4.39 Å². The van der Waals surface area contributed by atoms with Crippen LogP contribution in [-0.2, 0) is 0 Å². The molecule has 0 N–H and O–H groups in total. The summed E-state index contributed by atoms with van der Waals surface area (Å²) in [7, 11) is 1.85. The lowest BCUT2D eigenvalue weighted by molar-refractivity contribution is 0.325. The van der Waals surface area contributed by atoms with Crippen LogP contribution < -0.4 is 9.64 Å². The highest BCUT2D eigenvalue weighted by atomic mass is 79.9. The topological polar surface area (TPSA) is 12.5 Å². The number of para-hydroxylation sites is 1. The summed E-state index contributed by atoms with van der Waals surface area (Å²) in [5, 5.41) is 0. The van der Waals surface area contributed by atoms with Crippen LogP contribution in [0.25, 0.3) is 0 Å². The minimum absolute atomic E-state index is 0.214. The van der Waals surface area contributed by atoms with Gasteiger partial charge in [-0.2, -0.15) is 0 Å². The number of hydrogen-bond acceptors (Lipinski definition) is 2. The number of rotatable bonds is 5. The fraction of sp³-hybridized carbons (Fsp3) is 0.200. The Morgan fingerprint density at radius 2 is 1.79 bits per heavy atom. The van der Waals surface area contributed by atoms with Gasteiger partial charge in [-0.05, 0) is 36.4 Å². The van der Waals surface area contributed by atoms with E-state index in [1.807, 2.05) is 42.3 Å². The minimum Gasteiger partial charge on any atom is -0.492 e. The molecule has 2 rings (SSSR count). The monoisotopic (exact) mass is 323 g/mol. The van der Waals surface area contributed by atoms with Crippen molar-refractivity contribution in [1.29, 1.82) is 0 Å². The Bertz CT molecular complexity index is 530. The Morgan fingerprint density at radius 1 is 1.11 bits per heavy atom. The van der Waals surface area contributed by atoms with Crippen molar-refractivity contribution >= 4 is 21.6 Å². The molecule has 2 aromatic rings. The lowest BCUT2D eigenvalue weighted by Gasteiger charge is -2.19. The molecule has 0 aliphatic rings. The fourth-order valence-corrected chi connectivity index (χ4v) is 1.98. The van der Waals surface area contributed by atoms with Crippen molar-refractivity contribution in [2.75, 3.05) is 25.1 Å². The van der Waals surface area contributed by atoms with Crippen LogP contribution >= 0.6 is 15.9 Å². The van der Waals surface area contributed by atoms with Crippen LogP contribution in [0.4, 0.5) is 10.1 Å². The molecule has 0 aliphatic heterocycles. The maximum Gasteiger partial charge on any atom is 0.146 e. The molecule has 0 fully saturated rings. The highest BCUT2D eigenvalue weighted by Gasteiger charge is 2.06. The van der Waals surface area contributed by atoms with E-state index >= 15 is 0 Å². The molecule has 19 heavy (non-hydrogen) atoms. The Balaban J connectivity index is 1.86. The van der Waals surface area contributed by atoms with Crippen LogP contribution in [0.15, 0.2) is 53.0 Å². The molecular formula is C15H15BrFNO. The third-order valence-electron chi connectivity index (χ3n) is 2.77. The third-order valence-corrected chi connectivity index (χ3v) is 3.30. The number of anilines is 1. The molecule has 0 radical (unpaired) electrons. The molecule has 0 aromatic heterocycles. The zero-order chi connectivity index (χ0) is 13.7. The molecular weight excluding hydrogens is 309 g/mol. The first-order valence-corrected chi connectivity index (χ1v) is 6.80. The molecule has 2 nitrogen and oxygen atoms in total. The molecule has 0 amide bonds. The molecule has 2 aromatic carbocycles. The molecule has 0 heterocycles. The van der Waals surface area contributed by atoms with Gasteiger partial charge in [0.15, 0.2) is 0 Å². The van der Waals surface area contributed by atoms with Crippen molar-refractivity contribution in [3.63, 3.8) is 0 Å². The average molecular weight is 324 g/mol. The van der Waals surface area contributed by atoms with Gasteiger partial charge in [-0.1, -0.05) is 28.1 Å². The van der Waals surface area contributed by atoms with E-state index in [-0.39, 0.29) is 5.82 Å². The van der Waals surface area contributed by atoms with Crippen LogP contribution in [0.3, 0.4) is 0 Å². The largest absolute Gasteiger partial charge is 0.492 e. The van der Waals surface area contributed by atoms with E-state index in [2.05, 4.69) is 15.9 Å². The SMILES string of the molecule is CN(CCOc1ccc(Br)cc1)c1ccccc1F. The second-order valence-electron chi connectivity index (χ2n) is 4.18. The summed E-state index contributed by atoms with van der Waals surface area (Å²) in [5.41, 5.74) is 0.585. The lowest BCUT2D eigenvalue weighted by atomic mass is 10.3. The summed E-state index contributed by atoms with van der Waals surface area (Å²) in [6, 6.07) is 14.4. The predicted octanol–water partition coefficient (Wildman–Crippen LogP) is 4.10. The zero-order valence-electron chi connectivity index (χ0n) is 10.6. The minimum atomic E-state index is -0.214. The molecule has 0 spiro atoms. The van der Waals surface area contributed by atoms with Crippen molar-refractivity contribution in [1.82, 2.24) is 0 Å². The van der Waals surface area contributed by atoms with Crippen molar-refractivity contribution in [2.45, 2.75) is 0 Å². The van der Waals surface area contributed by atoms with Gasteiger partial charge in [0.25, 0.3) is 0 Å². The van der Waals surface area contributed by atoms with E-state index in [1.54, 1.807) is 12.1 Å². The second kappa shape index (κ2) is 6.57. The predicted molar refractivity (Wildman–Crippen MR) is 79.3 cm³/mol. The van der Waals surface area contributed by atoms with Gasteiger partial charge in [-0.3, -0.25) is 0 Å². The van der Waals surface area contributed by atoms with E-state index in [0.29, 0.717) is 18.8 Å². The maximum atomic E-state index is 13.5. The van der Waals surface area contributed by atoms with E-state index in [0.717, 1.165) is 10.2 Å². The van der Waals surface area contributed by atoms with Gasteiger partial charge in [0.05, 0.1) is 12.2 Å². The smallest absolute Gasteiger partial charge is 0.146 e. The Kier molecular flexibility index (Phi) is 4.80. The summed E-state index contributed by atoms with van der Waals surface area (Å²) < 4.78 is 20.2. The Morgan fingerprint density at radius 3 is 2.47 bits per heavy atom. The average Bonchev–Trinajstić information content (AvgIpc) is 2.41. The molecule has 0 atom stereocenters. The van der Waals surface area contributed by atoms with Crippen molar-refractivity contribution in [2.24, 2.45) is 0 Å². The first-order chi connectivity index (χ1) is 9.16. The second-order valence-corrected chi connectivity index (χ2v) is 5.09. The maximum absolute atomic E-state index is 13.5. The van der Waals surface area contributed by atoms with Crippen LogP contribution in [0, 0.1) is 5.82 Å². The van der Waals surface area contributed by atoms with Gasteiger partial charge in [-0.25, -0.2) is 4.39 Å². The molecule has 4 heteroatoms. The summed E-state index contributed by atoms with van der Waals surface area (Å²) in [5.74, 6) is 0.596. The van der Waals surface area contributed by atoms with E-state index in [1.165, 1.54) is 6.07 Å². The van der Waals surface area contributed by atoms with Gasteiger partial charge in [0, 0.05) is 11.5 Å². The molecule has 0 unspecified atom stereocenters. The standard InChI is InChI=1S/C15H15BrFNO/c1-18(15-5-3-2-4-14(15)17)10-11-19-13-8-6-12(16)7-9-13/h2-9H,10-11H2,1H3. The van der Waals surface area contributed by atoms with Gasteiger partial charge in [-0.15, -0.1) is 0 Å².